The predicted octanol–water partition coefficient (Wildman–Crippen LogP) is 4.03. The van der Waals surface area contributed by atoms with E-state index >= 15 is 0 Å². The smallest absolute Gasteiger partial charge is 0.209 e. The molecular formula is C12H19Cl2NO2S2. The average molecular weight is 344 g/mol. The van der Waals surface area contributed by atoms with Crippen LogP contribution in [0.2, 0.25) is 4.34 Å². The molecule has 19 heavy (non-hydrogen) atoms. The molecule has 1 N–H and O–H groups in total. The first-order valence-electron chi connectivity index (χ1n) is 5.91. The highest BCUT2D eigenvalue weighted by Crippen LogP contribution is 2.30. The quantitative estimate of drug-likeness (QED) is 0.820. The van der Waals surface area contributed by atoms with Crippen molar-refractivity contribution in [2.45, 2.75) is 43.7 Å². The van der Waals surface area contributed by atoms with Gasteiger partial charge in [-0.3, -0.25) is 0 Å². The van der Waals surface area contributed by atoms with E-state index in [9.17, 15) is 8.42 Å². The number of alkyl halides is 1. The van der Waals surface area contributed by atoms with Gasteiger partial charge in [0.1, 0.15) is 4.21 Å². The van der Waals surface area contributed by atoms with Crippen LogP contribution in [-0.2, 0) is 10.0 Å². The van der Waals surface area contributed by atoms with Gasteiger partial charge in [-0.15, -0.1) is 22.9 Å². The zero-order valence-electron chi connectivity index (χ0n) is 11.5. The molecule has 0 radical (unpaired) electrons. The molecule has 1 unspecified atom stereocenters. The average Bonchev–Trinajstić information content (AvgIpc) is 2.55. The fourth-order valence-electron chi connectivity index (χ4n) is 1.57. The van der Waals surface area contributed by atoms with Crippen LogP contribution in [0, 0.1) is 12.3 Å². The Kier molecular flexibility index (Phi) is 5.72. The first-order valence-corrected chi connectivity index (χ1v) is 9.02. The molecule has 0 aliphatic heterocycles. The van der Waals surface area contributed by atoms with Crippen LogP contribution >= 0.6 is 34.5 Å². The van der Waals surface area contributed by atoms with Crippen molar-refractivity contribution in [3.8, 4) is 0 Å². The Labute approximate surface area is 129 Å². The summed E-state index contributed by atoms with van der Waals surface area (Å²) < 4.78 is 27.4. The van der Waals surface area contributed by atoms with E-state index in [2.05, 4.69) is 25.5 Å². The first-order chi connectivity index (χ1) is 8.51. The topological polar surface area (TPSA) is 46.2 Å². The van der Waals surface area contributed by atoms with Crippen LogP contribution in [0.3, 0.4) is 0 Å². The Morgan fingerprint density at radius 1 is 1.42 bits per heavy atom. The van der Waals surface area contributed by atoms with E-state index in [0.717, 1.165) is 23.3 Å². The number of nitrogens with one attached hydrogen (secondary N) is 1. The maximum Gasteiger partial charge on any atom is 0.250 e. The minimum absolute atomic E-state index is 0.0701. The largest absolute Gasteiger partial charge is 0.250 e. The molecule has 3 nitrogen and oxygen atoms in total. The van der Waals surface area contributed by atoms with Gasteiger partial charge >= 0.3 is 0 Å². The molecule has 1 heterocycles. The van der Waals surface area contributed by atoms with Gasteiger partial charge in [-0.1, -0.05) is 32.4 Å². The number of halogens is 2. The monoisotopic (exact) mass is 343 g/mol. The molecule has 0 saturated carbocycles. The highest BCUT2D eigenvalue weighted by Gasteiger charge is 2.22. The van der Waals surface area contributed by atoms with Crippen LogP contribution in [0.15, 0.2) is 10.3 Å². The van der Waals surface area contributed by atoms with Gasteiger partial charge in [0.25, 0.3) is 0 Å². The number of rotatable bonds is 5. The summed E-state index contributed by atoms with van der Waals surface area (Å²) in [6.07, 6.45) is 0.737. The molecule has 110 valence electrons. The lowest BCUT2D eigenvalue weighted by Gasteiger charge is -2.21. The minimum atomic E-state index is -3.51. The molecule has 0 aliphatic rings. The van der Waals surface area contributed by atoms with Crippen LogP contribution in [0.4, 0.5) is 0 Å². The summed E-state index contributed by atoms with van der Waals surface area (Å²) in [5, 5.41) is -0.230. The van der Waals surface area contributed by atoms with Crippen LogP contribution in [0.1, 0.15) is 32.8 Å². The van der Waals surface area contributed by atoms with Gasteiger partial charge in [-0.25, -0.2) is 13.1 Å². The van der Waals surface area contributed by atoms with Crippen molar-refractivity contribution in [2.75, 3.05) is 6.54 Å². The van der Waals surface area contributed by atoms with E-state index in [-0.39, 0.29) is 21.5 Å². The van der Waals surface area contributed by atoms with Gasteiger partial charge in [0.15, 0.2) is 0 Å². The molecule has 1 rings (SSSR count). The van der Waals surface area contributed by atoms with Crippen molar-refractivity contribution >= 4 is 44.6 Å². The third kappa shape index (κ3) is 5.60. The van der Waals surface area contributed by atoms with Crippen molar-refractivity contribution in [2.24, 2.45) is 5.41 Å². The maximum atomic E-state index is 12.0. The van der Waals surface area contributed by atoms with E-state index in [4.69, 9.17) is 23.2 Å². The van der Waals surface area contributed by atoms with Gasteiger partial charge in [0.2, 0.25) is 10.0 Å². The summed E-state index contributed by atoms with van der Waals surface area (Å²) in [7, 11) is -3.51. The number of sulfonamides is 1. The molecule has 1 aromatic heterocycles. The van der Waals surface area contributed by atoms with Gasteiger partial charge in [0.05, 0.1) is 4.34 Å². The lowest BCUT2D eigenvalue weighted by molar-refractivity contribution is 0.369. The third-order valence-corrected chi connectivity index (χ3v) is 6.19. The molecule has 0 aromatic carbocycles. The van der Waals surface area contributed by atoms with Crippen LogP contribution in [0.25, 0.3) is 0 Å². The van der Waals surface area contributed by atoms with Gasteiger partial charge in [-0.2, -0.15) is 0 Å². The number of hydrogen-bond acceptors (Lipinski definition) is 3. The number of hydrogen-bond donors (Lipinski definition) is 1. The van der Waals surface area contributed by atoms with Crippen LogP contribution < -0.4 is 4.72 Å². The lowest BCUT2D eigenvalue weighted by Crippen LogP contribution is -2.31. The molecule has 1 aromatic rings. The summed E-state index contributed by atoms with van der Waals surface area (Å²) in [5.41, 5.74) is 0.838. The van der Waals surface area contributed by atoms with E-state index in [1.165, 1.54) is 0 Å². The van der Waals surface area contributed by atoms with Gasteiger partial charge in [0, 0.05) is 11.9 Å². The van der Waals surface area contributed by atoms with Crippen molar-refractivity contribution < 1.29 is 8.42 Å². The Bertz CT molecular complexity index is 513. The third-order valence-electron chi connectivity index (χ3n) is 2.43. The lowest BCUT2D eigenvalue weighted by atomic mass is 9.90. The molecule has 0 fully saturated rings. The Morgan fingerprint density at radius 2 is 2.00 bits per heavy atom. The molecule has 0 amide bonds. The zero-order chi connectivity index (χ0) is 14.8. The van der Waals surface area contributed by atoms with Crippen molar-refractivity contribution in [1.29, 1.82) is 0 Å². The highest BCUT2D eigenvalue weighted by molar-refractivity contribution is 7.91. The molecule has 0 bridgehead atoms. The standard InChI is InChI=1S/C12H19Cl2NO2S2/c1-8-5-10(18-11(8)14)19(16,17)15-7-9(13)6-12(2,3)4/h5,9,15H,6-7H2,1-4H3. The maximum absolute atomic E-state index is 12.0. The Hall–Kier alpha value is 0.190. The number of aryl methyl sites for hydroxylation is 1. The summed E-state index contributed by atoms with van der Waals surface area (Å²) in [5.74, 6) is 0. The summed E-state index contributed by atoms with van der Waals surface area (Å²) in [6, 6.07) is 1.57. The molecule has 1 atom stereocenters. The SMILES string of the molecule is Cc1cc(S(=O)(=O)NCC(Cl)CC(C)(C)C)sc1Cl. The van der Waals surface area contributed by atoms with Crippen molar-refractivity contribution in [3.05, 3.63) is 16.0 Å². The Morgan fingerprint density at radius 3 is 2.42 bits per heavy atom. The summed E-state index contributed by atoms with van der Waals surface area (Å²) in [6.45, 7) is 8.20. The normalized spacial score (nSPS) is 14.6. The van der Waals surface area contributed by atoms with Gasteiger partial charge < -0.3 is 0 Å². The van der Waals surface area contributed by atoms with E-state index < -0.39 is 10.0 Å². The second-order valence-corrected chi connectivity index (χ2v) is 10.0. The molecular weight excluding hydrogens is 325 g/mol. The summed E-state index contributed by atoms with van der Waals surface area (Å²) >= 11 is 13.1. The second kappa shape index (κ2) is 6.31. The molecule has 0 aliphatic carbocycles. The fraction of sp³-hybridized carbons (Fsp3) is 0.667. The predicted molar refractivity (Wildman–Crippen MR) is 83.0 cm³/mol. The van der Waals surface area contributed by atoms with E-state index in [1.807, 2.05) is 0 Å². The highest BCUT2D eigenvalue weighted by atomic mass is 35.5. The van der Waals surface area contributed by atoms with E-state index in [0.29, 0.717) is 4.34 Å². The van der Waals surface area contributed by atoms with Gasteiger partial charge in [-0.05, 0) is 30.4 Å². The Balaban J connectivity index is 2.66. The van der Waals surface area contributed by atoms with Crippen LogP contribution in [0.5, 0.6) is 0 Å². The first kappa shape index (κ1) is 17.2. The summed E-state index contributed by atoms with van der Waals surface area (Å²) in [4.78, 5) is 0. The van der Waals surface area contributed by atoms with Crippen molar-refractivity contribution in [1.82, 2.24) is 4.72 Å². The number of thiophene rings is 1. The van der Waals surface area contributed by atoms with E-state index in [1.54, 1.807) is 13.0 Å². The van der Waals surface area contributed by atoms with Crippen LogP contribution in [-0.4, -0.2) is 20.3 Å². The minimum Gasteiger partial charge on any atom is -0.209 e. The zero-order valence-corrected chi connectivity index (χ0v) is 14.6. The molecule has 0 saturated heterocycles. The molecule has 7 heteroatoms. The fourth-order valence-corrected chi connectivity index (χ4v) is 5.04. The van der Waals surface area contributed by atoms with Crippen molar-refractivity contribution in [3.63, 3.8) is 0 Å². The second-order valence-electron chi connectivity index (χ2n) is 5.74. The molecule has 0 spiro atoms.